The number of thiophene rings is 1. The zero-order valence-corrected chi connectivity index (χ0v) is 11.6. The van der Waals surface area contributed by atoms with E-state index in [0.717, 1.165) is 6.07 Å². The number of hydrogen-bond acceptors (Lipinski definition) is 7. The van der Waals surface area contributed by atoms with Crippen LogP contribution in [0.25, 0.3) is 0 Å². The van der Waals surface area contributed by atoms with Gasteiger partial charge in [-0.25, -0.2) is 13.1 Å². The number of rotatable bonds is 5. The second kappa shape index (κ2) is 5.53. The lowest BCUT2D eigenvalue weighted by Gasteiger charge is -2.03. The van der Waals surface area contributed by atoms with Crippen molar-refractivity contribution in [2.45, 2.75) is 10.8 Å². The number of nitrogen functional groups attached to an aromatic ring is 1. The minimum absolute atomic E-state index is 0.0434. The standard InChI is InChI=1S/C10H10N4O4S2/c11-10-8(14(15)16)4-9(19-10)20(17,18)13-6-7-2-1-3-12-5-7/h1-5,13H,6,11H2. The van der Waals surface area contributed by atoms with E-state index < -0.39 is 20.6 Å². The Hall–Kier alpha value is -2.04. The smallest absolute Gasteiger partial charge is 0.304 e. The van der Waals surface area contributed by atoms with Gasteiger partial charge in [0.15, 0.2) is 5.00 Å². The van der Waals surface area contributed by atoms with Crippen molar-refractivity contribution < 1.29 is 13.3 Å². The predicted octanol–water partition coefficient (Wildman–Crippen LogP) is 1.11. The molecule has 0 aliphatic carbocycles. The molecule has 0 bridgehead atoms. The molecular formula is C10H10N4O4S2. The Morgan fingerprint density at radius 3 is 2.80 bits per heavy atom. The second-order valence-corrected chi connectivity index (χ2v) is 6.84. The molecule has 2 rings (SSSR count). The molecule has 0 saturated carbocycles. The monoisotopic (exact) mass is 314 g/mol. The number of nitrogens with zero attached hydrogens (tertiary/aromatic N) is 2. The lowest BCUT2D eigenvalue weighted by molar-refractivity contribution is -0.383. The summed E-state index contributed by atoms with van der Waals surface area (Å²) < 4.78 is 26.1. The number of nitrogens with one attached hydrogen (secondary N) is 1. The van der Waals surface area contributed by atoms with Crippen molar-refractivity contribution in [3.63, 3.8) is 0 Å². The van der Waals surface area contributed by atoms with E-state index in [-0.39, 0.29) is 15.8 Å². The minimum atomic E-state index is -3.84. The molecule has 0 saturated heterocycles. The summed E-state index contributed by atoms with van der Waals surface area (Å²) in [5.41, 5.74) is 5.69. The number of sulfonamides is 1. The summed E-state index contributed by atoms with van der Waals surface area (Å²) in [6.45, 7) is 0.0434. The molecule has 0 aromatic carbocycles. The van der Waals surface area contributed by atoms with Crippen LogP contribution in [-0.2, 0) is 16.6 Å². The quantitative estimate of drug-likeness (QED) is 0.628. The molecule has 20 heavy (non-hydrogen) atoms. The van der Waals surface area contributed by atoms with Gasteiger partial charge < -0.3 is 5.73 Å². The average Bonchev–Trinajstić information content (AvgIpc) is 2.81. The second-order valence-electron chi connectivity index (χ2n) is 3.76. The average molecular weight is 314 g/mol. The molecule has 0 radical (unpaired) electrons. The molecule has 10 heteroatoms. The predicted molar refractivity (Wildman–Crippen MR) is 73.6 cm³/mol. The number of hydrogen-bond donors (Lipinski definition) is 2. The third-order valence-electron chi connectivity index (χ3n) is 2.37. The molecule has 0 aliphatic heterocycles. The maximum atomic E-state index is 12.0. The molecule has 3 N–H and O–H groups in total. The Kier molecular flexibility index (Phi) is 3.97. The molecule has 0 aliphatic rings. The zero-order chi connectivity index (χ0) is 14.8. The highest BCUT2D eigenvalue weighted by Crippen LogP contribution is 2.34. The molecule has 0 amide bonds. The Morgan fingerprint density at radius 1 is 1.50 bits per heavy atom. The van der Waals surface area contributed by atoms with Crippen LogP contribution in [0, 0.1) is 10.1 Å². The highest BCUT2D eigenvalue weighted by molar-refractivity contribution is 7.91. The van der Waals surface area contributed by atoms with Crippen LogP contribution in [0.2, 0.25) is 0 Å². The van der Waals surface area contributed by atoms with Crippen molar-refractivity contribution in [2.24, 2.45) is 0 Å². The van der Waals surface area contributed by atoms with Gasteiger partial charge in [0, 0.05) is 25.0 Å². The Morgan fingerprint density at radius 2 is 2.25 bits per heavy atom. The first-order chi connectivity index (χ1) is 9.40. The first kappa shape index (κ1) is 14.4. The molecule has 106 valence electrons. The van der Waals surface area contributed by atoms with Crippen LogP contribution >= 0.6 is 11.3 Å². The maximum absolute atomic E-state index is 12.0. The van der Waals surface area contributed by atoms with Gasteiger partial charge >= 0.3 is 5.69 Å². The van der Waals surface area contributed by atoms with Gasteiger partial charge in [0.1, 0.15) is 4.21 Å². The van der Waals surface area contributed by atoms with Gasteiger partial charge in [-0.1, -0.05) is 17.4 Å². The molecule has 0 fully saturated rings. The van der Waals surface area contributed by atoms with Crippen LogP contribution in [0.1, 0.15) is 5.56 Å². The molecule has 0 spiro atoms. The van der Waals surface area contributed by atoms with Gasteiger partial charge in [0.2, 0.25) is 0 Å². The van der Waals surface area contributed by atoms with Crippen molar-refractivity contribution >= 4 is 32.0 Å². The lowest BCUT2D eigenvalue weighted by atomic mass is 10.3. The summed E-state index contributed by atoms with van der Waals surface area (Å²) in [4.78, 5) is 13.8. The number of anilines is 1. The van der Waals surface area contributed by atoms with Gasteiger partial charge in [0.25, 0.3) is 10.0 Å². The summed E-state index contributed by atoms with van der Waals surface area (Å²) in [5, 5.41) is 10.5. The fraction of sp³-hybridized carbons (Fsp3) is 0.100. The van der Waals surface area contributed by atoms with Crippen LogP contribution in [0.3, 0.4) is 0 Å². The van der Waals surface area contributed by atoms with E-state index in [2.05, 4.69) is 9.71 Å². The van der Waals surface area contributed by atoms with Gasteiger partial charge in [-0.15, -0.1) is 0 Å². The molecule has 2 aromatic rings. The SMILES string of the molecule is Nc1sc(S(=O)(=O)NCc2cccnc2)cc1[N+](=O)[O-]. The van der Waals surface area contributed by atoms with E-state index in [4.69, 9.17) is 5.73 Å². The Bertz CT molecular complexity index is 727. The van der Waals surface area contributed by atoms with Crippen molar-refractivity contribution in [2.75, 3.05) is 5.73 Å². The third-order valence-corrected chi connectivity index (χ3v) is 5.20. The van der Waals surface area contributed by atoms with E-state index in [9.17, 15) is 18.5 Å². The normalized spacial score (nSPS) is 11.4. The van der Waals surface area contributed by atoms with Gasteiger partial charge in [-0.3, -0.25) is 15.1 Å². The zero-order valence-electron chi connectivity index (χ0n) is 10.0. The van der Waals surface area contributed by atoms with Crippen molar-refractivity contribution in [1.29, 1.82) is 0 Å². The highest BCUT2D eigenvalue weighted by Gasteiger charge is 2.24. The summed E-state index contributed by atoms with van der Waals surface area (Å²) >= 11 is 0.655. The van der Waals surface area contributed by atoms with E-state index in [0.29, 0.717) is 16.9 Å². The van der Waals surface area contributed by atoms with Gasteiger partial charge in [0.05, 0.1) is 4.92 Å². The largest absolute Gasteiger partial charge is 0.385 e. The van der Waals surface area contributed by atoms with Crippen LogP contribution in [0.4, 0.5) is 10.7 Å². The number of pyridine rings is 1. The van der Waals surface area contributed by atoms with Gasteiger partial charge in [-0.05, 0) is 11.6 Å². The van der Waals surface area contributed by atoms with E-state index in [1.807, 2.05) is 0 Å². The molecule has 8 nitrogen and oxygen atoms in total. The van der Waals surface area contributed by atoms with Crippen molar-refractivity contribution in [1.82, 2.24) is 9.71 Å². The van der Waals surface area contributed by atoms with Crippen LogP contribution in [0.5, 0.6) is 0 Å². The molecular weight excluding hydrogens is 304 g/mol. The van der Waals surface area contributed by atoms with Crippen molar-refractivity contribution in [3.8, 4) is 0 Å². The number of nitro groups is 1. The van der Waals surface area contributed by atoms with Crippen LogP contribution in [-0.4, -0.2) is 18.3 Å². The topological polar surface area (TPSA) is 128 Å². The summed E-state index contributed by atoms with van der Waals surface area (Å²) in [5.74, 6) is 0. The third kappa shape index (κ3) is 3.10. The molecule has 0 unspecified atom stereocenters. The first-order valence-electron chi connectivity index (χ1n) is 5.32. The summed E-state index contributed by atoms with van der Waals surface area (Å²) in [7, 11) is -3.84. The Labute approximate surface area is 118 Å². The van der Waals surface area contributed by atoms with E-state index in [1.54, 1.807) is 18.3 Å². The minimum Gasteiger partial charge on any atom is -0.385 e. The van der Waals surface area contributed by atoms with E-state index in [1.165, 1.54) is 6.20 Å². The fourth-order valence-corrected chi connectivity index (χ4v) is 3.68. The van der Waals surface area contributed by atoms with Crippen LogP contribution < -0.4 is 10.5 Å². The van der Waals surface area contributed by atoms with Gasteiger partial charge in [-0.2, -0.15) is 0 Å². The van der Waals surface area contributed by atoms with Crippen LogP contribution in [0.15, 0.2) is 34.8 Å². The Balaban J connectivity index is 2.18. The first-order valence-corrected chi connectivity index (χ1v) is 7.62. The lowest BCUT2D eigenvalue weighted by Crippen LogP contribution is -2.22. The molecule has 2 heterocycles. The maximum Gasteiger partial charge on any atom is 0.304 e. The molecule has 0 atom stereocenters. The summed E-state index contributed by atoms with van der Waals surface area (Å²) in [6.07, 6.45) is 3.09. The number of nitrogens with two attached hydrogens (primary N) is 1. The van der Waals surface area contributed by atoms with Crippen molar-refractivity contribution in [3.05, 3.63) is 46.3 Å². The fourth-order valence-electron chi connectivity index (χ4n) is 1.40. The summed E-state index contributed by atoms with van der Waals surface area (Å²) in [6, 6.07) is 4.34. The highest BCUT2D eigenvalue weighted by atomic mass is 32.2. The van der Waals surface area contributed by atoms with E-state index >= 15 is 0 Å². The molecule has 2 aromatic heterocycles. The number of aromatic nitrogens is 1.